The minimum absolute atomic E-state index is 0.193. The minimum atomic E-state index is -0.255. The van der Waals surface area contributed by atoms with Crippen molar-refractivity contribution in [3.8, 4) is 0 Å². The zero-order chi connectivity index (χ0) is 12.8. The summed E-state index contributed by atoms with van der Waals surface area (Å²) in [4.78, 5) is 19.8. The molecule has 0 aliphatic rings. The van der Waals surface area contributed by atoms with Crippen LogP contribution in [0.1, 0.15) is 28.9 Å². The number of H-pyrrole nitrogens is 1. The number of rotatable bonds is 5. The Hall–Kier alpha value is -2.24. The van der Waals surface area contributed by atoms with Gasteiger partial charge in [-0.15, -0.1) is 5.10 Å². The maximum Gasteiger partial charge on any atom is 0.290 e. The van der Waals surface area contributed by atoms with E-state index in [4.69, 9.17) is 0 Å². The van der Waals surface area contributed by atoms with Crippen LogP contribution in [0.3, 0.4) is 0 Å². The first-order valence-electron chi connectivity index (χ1n) is 5.88. The lowest BCUT2D eigenvalue weighted by molar-refractivity contribution is 0.0944. The molecule has 1 amide bonds. The van der Waals surface area contributed by atoms with Gasteiger partial charge in [0.2, 0.25) is 5.82 Å². The van der Waals surface area contributed by atoms with E-state index in [1.807, 2.05) is 19.1 Å². The van der Waals surface area contributed by atoms with Gasteiger partial charge >= 0.3 is 0 Å². The highest BCUT2D eigenvalue weighted by atomic mass is 16.2. The Morgan fingerprint density at radius 1 is 1.50 bits per heavy atom. The van der Waals surface area contributed by atoms with E-state index in [-0.39, 0.29) is 11.7 Å². The smallest absolute Gasteiger partial charge is 0.290 e. The lowest BCUT2D eigenvalue weighted by Crippen LogP contribution is -2.26. The second-order valence-corrected chi connectivity index (χ2v) is 3.83. The van der Waals surface area contributed by atoms with Gasteiger partial charge in [-0.25, -0.2) is 4.98 Å². The Bertz CT molecular complexity index is 508. The largest absolute Gasteiger partial charge is 0.349 e. The molecule has 0 atom stereocenters. The SMILES string of the molecule is CCc1nc(C(=O)NCCc2cccnc2)n[nH]1. The average molecular weight is 245 g/mol. The van der Waals surface area contributed by atoms with Crippen molar-refractivity contribution in [2.75, 3.05) is 6.54 Å². The lowest BCUT2D eigenvalue weighted by Gasteiger charge is -2.02. The summed E-state index contributed by atoms with van der Waals surface area (Å²) in [6.45, 7) is 2.49. The van der Waals surface area contributed by atoms with E-state index in [0.717, 1.165) is 18.4 Å². The van der Waals surface area contributed by atoms with Gasteiger partial charge in [0.15, 0.2) is 0 Å². The zero-order valence-electron chi connectivity index (χ0n) is 10.2. The second-order valence-electron chi connectivity index (χ2n) is 3.83. The summed E-state index contributed by atoms with van der Waals surface area (Å²) in [7, 11) is 0. The van der Waals surface area contributed by atoms with Crippen molar-refractivity contribution in [2.24, 2.45) is 0 Å². The maximum absolute atomic E-state index is 11.7. The Kier molecular flexibility index (Phi) is 4.01. The molecule has 6 heteroatoms. The van der Waals surface area contributed by atoms with Crippen molar-refractivity contribution in [3.05, 3.63) is 41.7 Å². The van der Waals surface area contributed by atoms with Gasteiger partial charge in [-0.1, -0.05) is 13.0 Å². The normalized spacial score (nSPS) is 10.3. The number of nitrogens with zero attached hydrogens (tertiary/aromatic N) is 3. The second kappa shape index (κ2) is 5.90. The molecule has 2 N–H and O–H groups in total. The summed E-state index contributed by atoms with van der Waals surface area (Å²) in [6.07, 6.45) is 4.98. The average Bonchev–Trinajstić information content (AvgIpc) is 2.89. The predicted molar refractivity (Wildman–Crippen MR) is 66.0 cm³/mol. The van der Waals surface area contributed by atoms with Gasteiger partial charge in [0, 0.05) is 25.4 Å². The first kappa shape index (κ1) is 12.2. The molecule has 0 unspecified atom stereocenters. The number of aromatic amines is 1. The highest BCUT2D eigenvalue weighted by Crippen LogP contribution is 1.97. The summed E-state index contributed by atoms with van der Waals surface area (Å²) in [5.74, 6) is 0.653. The number of carbonyl (C=O) groups excluding carboxylic acids is 1. The van der Waals surface area contributed by atoms with Crippen LogP contribution in [0.25, 0.3) is 0 Å². The van der Waals surface area contributed by atoms with Gasteiger partial charge in [0.05, 0.1) is 0 Å². The first-order valence-corrected chi connectivity index (χ1v) is 5.88. The Labute approximate surface area is 105 Å². The third-order valence-corrected chi connectivity index (χ3v) is 2.49. The van der Waals surface area contributed by atoms with E-state index in [0.29, 0.717) is 12.4 Å². The quantitative estimate of drug-likeness (QED) is 0.813. The van der Waals surface area contributed by atoms with Crippen LogP contribution in [0.4, 0.5) is 0 Å². The Balaban J connectivity index is 1.81. The van der Waals surface area contributed by atoms with E-state index < -0.39 is 0 Å². The number of amides is 1. The zero-order valence-corrected chi connectivity index (χ0v) is 10.2. The lowest BCUT2D eigenvalue weighted by atomic mass is 10.2. The van der Waals surface area contributed by atoms with Crippen LogP contribution in [-0.4, -0.2) is 32.6 Å². The van der Waals surface area contributed by atoms with Crippen LogP contribution in [0.5, 0.6) is 0 Å². The van der Waals surface area contributed by atoms with E-state index in [9.17, 15) is 4.79 Å². The molecule has 2 heterocycles. The van der Waals surface area contributed by atoms with Crippen LogP contribution >= 0.6 is 0 Å². The van der Waals surface area contributed by atoms with Crippen LogP contribution in [-0.2, 0) is 12.8 Å². The number of hydrogen-bond acceptors (Lipinski definition) is 4. The highest BCUT2D eigenvalue weighted by Gasteiger charge is 2.10. The van der Waals surface area contributed by atoms with Gasteiger partial charge < -0.3 is 5.32 Å². The molecule has 0 fully saturated rings. The van der Waals surface area contributed by atoms with Gasteiger partial charge in [-0.3, -0.25) is 14.9 Å². The maximum atomic E-state index is 11.7. The number of aryl methyl sites for hydroxylation is 1. The molecule has 0 aliphatic heterocycles. The fraction of sp³-hybridized carbons (Fsp3) is 0.333. The molecule has 0 saturated carbocycles. The monoisotopic (exact) mass is 245 g/mol. The van der Waals surface area contributed by atoms with Crippen molar-refractivity contribution in [3.63, 3.8) is 0 Å². The van der Waals surface area contributed by atoms with Crippen molar-refractivity contribution in [1.29, 1.82) is 0 Å². The molecule has 0 aliphatic carbocycles. The topological polar surface area (TPSA) is 83.6 Å². The van der Waals surface area contributed by atoms with Crippen molar-refractivity contribution >= 4 is 5.91 Å². The first-order chi connectivity index (χ1) is 8.79. The van der Waals surface area contributed by atoms with Crippen LogP contribution < -0.4 is 5.32 Å². The summed E-state index contributed by atoms with van der Waals surface area (Å²) < 4.78 is 0. The highest BCUT2D eigenvalue weighted by molar-refractivity contribution is 5.90. The Morgan fingerprint density at radius 2 is 2.39 bits per heavy atom. The Morgan fingerprint density at radius 3 is 3.06 bits per heavy atom. The fourth-order valence-electron chi connectivity index (χ4n) is 1.50. The van der Waals surface area contributed by atoms with E-state index in [1.165, 1.54) is 0 Å². The molecule has 2 aromatic rings. The molecule has 2 rings (SSSR count). The molecule has 0 bridgehead atoms. The van der Waals surface area contributed by atoms with Crippen LogP contribution in [0, 0.1) is 0 Å². The van der Waals surface area contributed by atoms with Crippen molar-refractivity contribution < 1.29 is 4.79 Å². The number of nitrogens with one attached hydrogen (secondary N) is 2. The number of pyridine rings is 1. The summed E-state index contributed by atoms with van der Waals surface area (Å²) >= 11 is 0. The standard InChI is InChI=1S/C12H15N5O/c1-2-10-15-11(17-16-10)12(18)14-7-5-9-4-3-6-13-8-9/h3-4,6,8H,2,5,7H2,1H3,(H,14,18)(H,15,16,17). The molecule has 0 saturated heterocycles. The molecule has 2 aromatic heterocycles. The van der Waals surface area contributed by atoms with E-state index >= 15 is 0 Å². The number of hydrogen-bond donors (Lipinski definition) is 2. The molecule has 18 heavy (non-hydrogen) atoms. The fourth-order valence-corrected chi connectivity index (χ4v) is 1.50. The predicted octanol–water partition coefficient (Wildman–Crippen LogP) is 0.735. The minimum Gasteiger partial charge on any atom is -0.349 e. The molecular weight excluding hydrogens is 230 g/mol. The van der Waals surface area contributed by atoms with Gasteiger partial charge in [-0.05, 0) is 18.1 Å². The van der Waals surface area contributed by atoms with Crippen molar-refractivity contribution in [1.82, 2.24) is 25.5 Å². The van der Waals surface area contributed by atoms with Crippen molar-refractivity contribution in [2.45, 2.75) is 19.8 Å². The third-order valence-electron chi connectivity index (χ3n) is 2.49. The molecule has 0 aromatic carbocycles. The number of carbonyl (C=O) groups is 1. The summed E-state index contributed by atoms with van der Waals surface area (Å²) in [5.41, 5.74) is 1.09. The van der Waals surface area contributed by atoms with Gasteiger partial charge in [0.25, 0.3) is 5.91 Å². The molecule has 0 radical (unpaired) electrons. The van der Waals surface area contributed by atoms with Gasteiger partial charge in [-0.2, -0.15) is 0 Å². The van der Waals surface area contributed by atoms with Crippen LogP contribution in [0.2, 0.25) is 0 Å². The summed E-state index contributed by atoms with van der Waals surface area (Å²) in [6, 6.07) is 3.85. The summed E-state index contributed by atoms with van der Waals surface area (Å²) in [5, 5.41) is 9.34. The molecule has 6 nitrogen and oxygen atoms in total. The third kappa shape index (κ3) is 3.13. The van der Waals surface area contributed by atoms with E-state index in [2.05, 4.69) is 25.5 Å². The van der Waals surface area contributed by atoms with E-state index in [1.54, 1.807) is 12.4 Å². The molecule has 94 valence electrons. The van der Waals surface area contributed by atoms with Gasteiger partial charge in [0.1, 0.15) is 5.82 Å². The molecular formula is C12H15N5O. The number of aromatic nitrogens is 4. The molecule has 0 spiro atoms. The van der Waals surface area contributed by atoms with Crippen LogP contribution in [0.15, 0.2) is 24.5 Å².